The normalized spacial score (nSPS) is 11.1. The third-order valence-corrected chi connectivity index (χ3v) is 3.31. The zero-order valence-corrected chi connectivity index (χ0v) is 10.1. The third-order valence-electron chi connectivity index (χ3n) is 2.65. The van der Waals surface area contributed by atoms with E-state index >= 15 is 0 Å². The molecule has 1 heterocycles. The van der Waals surface area contributed by atoms with Crippen LogP contribution >= 0.6 is 15.9 Å². The number of hydrogen-bond acceptors (Lipinski definition) is 3. The highest BCUT2D eigenvalue weighted by molar-refractivity contribution is 9.10. The number of nitro groups is 1. The van der Waals surface area contributed by atoms with Crippen LogP contribution in [-0.4, -0.2) is 4.92 Å². The minimum Gasteiger partial charge on any atom is -0.449 e. The smallest absolute Gasteiger partial charge is 0.312 e. The lowest BCUT2D eigenvalue weighted by atomic mass is 10.1. The summed E-state index contributed by atoms with van der Waals surface area (Å²) in [6, 6.07) is 10.4. The van der Waals surface area contributed by atoms with Crippen molar-refractivity contribution in [3.8, 4) is 0 Å². The lowest BCUT2D eigenvalue weighted by molar-refractivity contribution is -0.383. The van der Waals surface area contributed by atoms with E-state index in [0.717, 1.165) is 15.2 Å². The van der Waals surface area contributed by atoms with Gasteiger partial charge < -0.3 is 4.42 Å². The molecule has 0 aliphatic rings. The number of furan rings is 1. The molecule has 0 N–H and O–H groups in total. The third kappa shape index (κ3) is 1.43. The van der Waals surface area contributed by atoms with Crippen molar-refractivity contribution < 1.29 is 9.34 Å². The second-order valence-electron chi connectivity index (χ2n) is 3.63. The molecule has 5 heteroatoms. The summed E-state index contributed by atoms with van der Waals surface area (Å²) in [5.74, 6) is 0. The summed E-state index contributed by atoms with van der Waals surface area (Å²) >= 11 is 3.43. The molecule has 0 radical (unpaired) electrons. The van der Waals surface area contributed by atoms with Gasteiger partial charge in [-0.25, -0.2) is 0 Å². The number of halogens is 1. The molecule has 4 nitrogen and oxygen atoms in total. The summed E-state index contributed by atoms with van der Waals surface area (Å²) in [6.45, 7) is 0. The molecule has 0 atom stereocenters. The Hall–Kier alpha value is -1.88. The van der Waals surface area contributed by atoms with Crippen molar-refractivity contribution in [2.75, 3.05) is 0 Å². The number of nitro benzene ring substituents is 1. The van der Waals surface area contributed by atoms with Crippen molar-refractivity contribution >= 4 is 43.6 Å². The van der Waals surface area contributed by atoms with E-state index in [1.165, 1.54) is 6.07 Å². The first kappa shape index (κ1) is 10.3. The molecule has 0 amide bonds. The van der Waals surface area contributed by atoms with Crippen molar-refractivity contribution in [1.29, 1.82) is 0 Å². The van der Waals surface area contributed by atoms with E-state index in [1.54, 1.807) is 12.1 Å². The summed E-state index contributed by atoms with van der Waals surface area (Å²) in [7, 11) is 0. The number of hydrogen-bond donors (Lipinski definition) is 0. The van der Waals surface area contributed by atoms with Gasteiger partial charge in [-0.3, -0.25) is 10.1 Å². The van der Waals surface area contributed by atoms with Crippen LogP contribution in [0.4, 0.5) is 5.69 Å². The summed E-state index contributed by atoms with van der Waals surface area (Å²) in [6.07, 6.45) is 0. The van der Waals surface area contributed by atoms with Crippen molar-refractivity contribution in [2.24, 2.45) is 0 Å². The zero-order chi connectivity index (χ0) is 12.0. The van der Waals surface area contributed by atoms with Crippen LogP contribution in [0, 0.1) is 10.1 Å². The number of fused-ring (bicyclic) bond motifs is 3. The predicted octanol–water partition coefficient (Wildman–Crippen LogP) is 4.26. The molecule has 17 heavy (non-hydrogen) atoms. The average molecular weight is 292 g/mol. The zero-order valence-electron chi connectivity index (χ0n) is 8.51. The monoisotopic (exact) mass is 291 g/mol. The SMILES string of the molecule is O=[N+]([O-])c1cccc2c1oc1cccc(Br)c12. The number of rotatable bonds is 1. The van der Waals surface area contributed by atoms with E-state index in [0.29, 0.717) is 11.2 Å². The van der Waals surface area contributed by atoms with Gasteiger partial charge in [-0.15, -0.1) is 0 Å². The van der Waals surface area contributed by atoms with Crippen LogP contribution in [0.5, 0.6) is 0 Å². The lowest BCUT2D eigenvalue weighted by Gasteiger charge is -1.92. The molecular formula is C12H6BrNO3. The molecule has 0 bridgehead atoms. The van der Waals surface area contributed by atoms with Gasteiger partial charge in [0.15, 0.2) is 0 Å². The maximum atomic E-state index is 10.9. The number of para-hydroxylation sites is 1. The Morgan fingerprint density at radius 1 is 1.18 bits per heavy atom. The fourth-order valence-electron chi connectivity index (χ4n) is 1.93. The Kier molecular flexibility index (Phi) is 2.16. The van der Waals surface area contributed by atoms with E-state index < -0.39 is 4.92 Å². The van der Waals surface area contributed by atoms with Gasteiger partial charge in [0, 0.05) is 21.3 Å². The summed E-state index contributed by atoms with van der Waals surface area (Å²) < 4.78 is 6.42. The molecule has 1 aromatic heterocycles. The summed E-state index contributed by atoms with van der Waals surface area (Å²) in [5, 5.41) is 12.5. The Bertz CT molecular complexity index is 748. The largest absolute Gasteiger partial charge is 0.449 e. The van der Waals surface area contributed by atoms with Gasteiger partial charge in [0.05, 0.1) is 4.92 Å². The average Bonchev–Trinajstić information content (AvgIpc) is 2.67. The molecule has 0 spiro atoms. The molecule has 0 saturated heterocycles. The molecule has 2 aromatic carbocycles. The Labute approximate surface area is 104 Å². The van der Waals surface area contributed by atoms with Crippen LogP contribution in [0.25, 0.3) is 21.9 Å². The standard InChI is InChI=1S/C12H6BrNO3/c13-8-4-2-6-10-11(8)7-3-1-5-9(14(15)16)12(7)17-10/h1-6H. The van der Waals surface area contributed by atoms with Crippen molar-refractivity contribution in [1.82, 2.24) is 0 Å². The topological polar surface area (TPSA) is 56.3 Å². The molecule has 3 aromatic rings. The van der Waals surface area contributed by atoms with E-state index in [9.17, 15) is 10.1 Å². The van der Waals surface area contributed by atoms with E-state index in [-0.39, 0.29) is 5.69 Å². The highest BCUT2D eigenvalue weighted by Crippen LogP contribution is 2.37. The molecule has 84 valence electrons. The molecular weight excluding hydrogens is 286 g/mol. The maximum Gasteiger partial charge on any atom is 0.312 e. The first-order valence-corrected chi connectivity index (χ1v) is 5.72. The van der Waals surface area contributed by atoms with Crippen LogP contribution in [0.15, 0.2) is 45.3 Å². The van der Waals surface area contributed by atoms with E-state index in [4.69, 9.17) is 4.42 Å². The van der Waals surface area contributed by atoms with Crippen molar-refractivity contribution in [3.63, 3.8) is 0 Å². The van der Waals surface area contributed by atoms with Crippen LogP contribution in [0.3, 0.4) is 0 Å². The van der Waals surface area contributed by atoms with Crippen molar-refractivity contribution in [2.45, 2.75) is 0 Å². The van der Waals surface area contributed by atoms with Crippen LogP contribution in [0.1, 0.15) is 0 Å². The quantitative estimate of drug-likeness (QED) is 0.497. The fraction of sp³-hybridized carbons (Fsp3) is 0. The summed E-state index contributed by atoms with van der Waals surface area (Å²) in [4.78, 5) is 10.5. The van der Waals surface area contributed by atoms with Gasteiger partial charge >= 0.3 is 5.69 Å². The fourth-order valence-corrected chi connectivity index (χ4v) is 2.50. The van der Waals surface area contributed by atoms with Gasteiger partial charge in [-0.1, -0.05) is 28.1 Å². The highest BCUT2D eigenvalue weighted by atomic mass is 79.9. The van der Waals surface area contributed by atoms with Gasteiger partial charge in [0.2, 0.25) is 5.58 Å². The van der Waals surface area contributed by atoms with E-state index in [2.05, 4.69) is 15.9 Å². The maximum absolute atomic E-state index is 10.9. The Balaban J connectivity index is 2.56. The second kappa shape index (κ2) is 3.56. The van der Waals surface area contributed by atoms with Gasteiger partial charge in [0.25, 0.3) is 0 Å². The first-order valence-electron chi connectivity index (χ1n) is 4.92. The van der Waals surface area contributed by atoms with E-state index in [1.807, 2.05) is 18.2 Å². The molecule has 0 aliphatic carbocycles. The van der Waals surface area contributed by atoms with Gasteiger partial charge in [-0.05, 0) is 18.2 Å². The second-order valence-corrected chi connectivity index (χ2v) is 4.48. The highest BCUT2D eigenvalue weighted by Gasteiger charge is 2.18. The Morgan fingerprint density at radius 2 is 1.94 bits per heavy atom. The predicted molar refractivity (Wildman–Crippen MR) is 68.1 cm³/mol. The van der Waals surface area contributed by atoms with Crippen LogP contribution in [-0.2, 0) is 0 Å². The molecule has 0 saturated carbocycles. The van der Waals surface area contributed by atoms with Gasteiger partial charge in [-0.2, -0.15) is 0 Å². The van der Waals surface area contributed by atoms with Crippen LogP contribution < -0.4 is 0 Å². The lowest BCUT2D eigenvalue weighted by Crippen LogP contribution is -1.87. The number of non-ortho nitro benzene ring substituents is 1. The minimum atomic E-state index is -0.432. The number of benzene rings is 2. The molecule has 0 unspecified atom stereocenters. The molecule has 0 aliphatic heterocycles. The Morgan fingerprint density at radius 3 is 2.71 bits per heavy atom. The van der Waals surface area contributed by atoms with Crippen LogP contribution in [0.2, 0.25) is 0 Å². The minimum absolute atomic E-state index is 0.00870. The number of nitrogens with zero attached hydrogens (tertiary/aromatic N) is 1. The first-order chi connectivity index (χ1) is 8.18. The van der Waals surface area contributed by atoms with Crippen molar-refractivity contribution in [3.05, 3.63) is 51.0 Å². The van der Waals surface area contributed by atoms with Gasteiger partial charge in [0.1, 0.15) is 5.58 Å². The summed E-state index contributed by atoms with van der Waals surface area (Å²) in [5.41, 5.74) is 0.952. The molecule has 0 fully saturated rings. The molecule has 3 rings (SSSR count).